The molecule has 0 aliphatic carbocycles. The lowest BCUT2D eigenvalue weighted by Crippen LogP contribution is -2.31. The van der Waals surface area contributed by atoms with Crippen LogP contribution in [0.1, 0.15) is 48.1 Å². The monoisotopic (exact) mass is 381 g/mol. The summed E-state index contributed by atoms with van der Waals surface area (Å²) in [4.78, 5) is 14.0. The molecule has 0 radical (unpaired) electrons. The molecule has 2 N–H and O–H groups in total. The highest BCUT2D eigenvalue weighted by Crippen LogP contribution is 2.28. The van der Waals surface area contributed by atoms with Gasteiger partial charge in [-0.3, -0.25) is 4.79 Å². The zero-order chi connectivity index (χ0) is 19.6. The standard InChI is InChI=1S/C22H27N3OS/c1-14-7-10-19(16(3)12-14)17(4)23-22(27)24-18-9-8-15(2)20(13-18)25-11-5-6-21(25)26/h7-10,12-13,17H,5-6,11H2,1-4H3,(H2,23,24,27). The van der Waals surface area contributed by atoms with Gasteiger partial charge in [-0.1, -0.05) is 29.8 Å². The Morgan fingerprint density at radius 1 is 1.11 bits per heavy atom. The summed E-state index contributed by atoms with van der Waals surface area (Å²) in [6.45, 7) is 9.14. The van der Waals surface area contributed by atoms with Crippen LogP contribution in [-0.2, 0) is 4.79 Å². The number of carbonyl (C=O) groups is 1. The van der Waals surface area contributed by atoms with Gasteiger partial charge >= 0.3 is 0 Å². The fourth-order valence-corrected chi connectivity index (χ4v) is 3.93. The number of benzene rings is 2. The molecule has 1 aliphatic rings. The molecule has 1 heterocycles. The van der Waals surface area contributed by atoms with Gasteiger partial charge in [0.05, 0.1) is 6.04 Å². The Hall–Kier alpha value is -2.40. The minimum Gasteiger partial charge on any atom is -0.356 e. The molecule has 2 aromatic rings. The summed E-state index contributed by atoms with van der Waals surface area (Å²) in [6, 6.07) is 12.6. The van der Waals surface area contributed by atoms with Crippen molar-refractivity contribution in [3.8, 4) is 0 Å². The Morgan fingerprint density at radius 2 is 1.89 bits per heavy atom. The number of nitrogens with one attached hydrogen (secondary N) is 2. The fourth-order valence-electron chi connectivity index (χ4n) is 3.63. The van der Waals surface area contributed by atoms with E-state index < -0.39 is 0 Å². The minimum atomic E-state index is 0.107. The second kappa shape index (κ2) is 8.09. The van der Waals surface area contributed by atoms with Crippen molar-refractivity contribution >= 4 is 34.6 Å². The van der Waals surface area contributed by atoms with Crippen molar-refractivity contribution in [2.75, 3.05) is 16.8 Å². The van der Waals surface area contributed by atoms with E-state index in [2.05, 4.69) is 49.6 Å². The van der Waals surface area contributed by atoms with Crippen molar-refractivity contribution in [3.05, 3.63) is 58.7 Å². The first-order valence-corrected chi connectivity index (χ1v) is 9.81. The summed E-state index contributed by atoms with van der Waals surface area (Å²) in [6.07, 6.45) is 1.55. The number of thiocarbonyl (C=S) groups is 1. The lowest BCUT2D eigenvalue weighted by molar-refractivity contribution is -0.117. The van der Waals surface area contributed by atoms with E-state index in [0.717, 1.165) is 29.9 Å². The van der Waals surface area contributed by atoms with Crippen LogP contribution in [0.5, 0.6) is 0 Å². The van der Waals surface area contributed by atoms with Crippen LogP contribution >= 0.6 is 12.2 Å². The summed E-state index contributed by atoms with van der Waals surface area (Å²) >= 11 is 5.51. The Labute approximate surface area is 167 Å². The van der Waals surface area contributed by atoms with Gasteiger partial charge in [0.15, 0.2) is 5.11 Å². The molecule has 1 fully saturated rings. The van der Waals surface area contributed by atoms with Gasteiger partial charge < -0.3 is 15.5 Å². The van der Waals surface area contributed by atoms with Crippen LogP contribution in [0.2, 0.25) is 0 Å². The maximum absolute atomic E-state index is 12.1. The van der Waals surface area contributed by atoms with Crippen LogP contribution in [0, 0.1) is 20.8 Å². The number of amides is 1. The number of aryl methyl sites for hydroxylation is 3. The molecule has 4 nitrogen and oxygen atoms in total. The third-order valence-electron chi connectivity index (χ3n) is 5.07. The maximum atomic E-state index is 12.1. The van der Waals surface area contributed by atoms with Crippen LogP contribution in [0.3, 0.4) is 0 Å². The normalized spacial score (nSPS) is 15.0. The Morgan fingerprint density at radius 3 is 2.56 bits per heavy atom. The van der Waals surface area contributed by atoms with Crippen LogP contribution in [0.25, 0.3) is 0 Å². The predicted molar refractivity (Wildman–Crippen MR) is 116 cm³/mol. The summed E-state index contributed by atoms with van der Waals surface area (Å²) < 4.78 is 0. The molecule has 0 aromatic heterocycles. The van der Waals surface area contributed by atoms with E-state index in [4.69, 9.17) is 12.2 Å². The largest absolute Gasteiger partial charge is 0.356 e. The van der Waals surface area contributed by atoms with Crippen LogP contribution in [-0.4, -0.2) is 17.6 Å². The van der Waals surface area contributed by atoms with Gasteiger partial charge in [-0.25, -0.2) is 0 Å². The Balaban J connectivity index is 1.69. The molecule has 0 spiro atoms. The summed E-state index contributed by atoms with van der Waals surface area (Å²) in [5.41, 5.74) is 6.69. The van der Waals surface area contributed by atoms with Crippen molar-refractivity contribution in [1.29, 1.82) is 0 Å². The van der Waals surface area contributed by atoms with Gasteiger partial charge in [-0.05, 0) is 75.2 Å². The fraction of sp³-hybridized carbons (Fsp3) is 0.364. The van der Waals surface area contributed by atoms with E-state index in [1.165, 1.54) is 16.7 Å². The lowest BCUT2D eigenvalue weighted by atomic mass is 10.0. The summed E-state index contributed by atoms with van der Waals surface area (Å²) in [5, 5.41) is 7.19. The van der Waals surface area contributed by atoms with E-state index in [-0.39, 0.29) is 11.9 Å². The first-order valence-electron chi connectivity index (χ1n) is 9.41. The van der Waals surface area contributed by atoms with E-state index in [1.54, 1.807) is 0 Å². The van der Waals surface area contributed by atoms with E-state index in [9.17, 15) is 4.79 Å². The van der Waals surface area contributed by atoms with Crippen LogP contribution in [0.15, 0.2) is 36.4 Å². The molecule has 0 saturated carbocycles. The molecule has 0 bridgehead atoms. The third kappa shape index (κ3) is 4.48. The van der Waals surface area contributed by atoms with Gasteiger partial charge in [0.1, 0.15) is 0 Å². The summed E-state index contributed by atoms with van der Waals surface area (Å²) in [7, 11) is 0. The number of hydrogen-bond donors (Lipinski definition) is 2. The maximum Gasteiger partial charge on any atom is 0.227 e. The van der Waals surface area contributed by atoms with Crippen molar-refractivity contribution in [3.63, 3.8) is 0 Å². The van der Waals surface area contributed by atoms with Crippen molar-refractivity contribution in [2.45, 2.75) is 46.6 Å². The van der Waals surface area contributed by atoms with Gasteiger partial charge in [-0.2, -0.15) is 0 Å². The highest BCUT2D eigenvalue weighted by molar-refractivity contribution is 7.80. The average molecular weight is 382 g/mol. The minimum absolute atomic E-state index is 0.107. The lowest BCUT2D eigenvalue weighted by Gasteiger charge is -2.22. The zero-order valence-electron chi connectivity index (χ0n) is 16.4. The topological polar surface area (TPSA) is 44.4 Å². The summed E-state index contributed by atoms with van der Waals surface area (Å²) in [5.74, 6) is 0.194. The highest BCUT2D eigenvalue weighted by Gasteiger charge is 2.23. The van der Waals surface area contributed by atoms with E-state index in [0.29, 0.717) is 11.5 Å². The van der Waals surface area contributed by atoms with Gasteiger partial charge in [0.2, 0.25) is 5.91 Å². The van der Waals surface area contributed by atoms with E-state index >= 15 is 0 Å². The zero-order valence-corrected chi connectivity index (χ0v) is 17.2. The molecule has 142 valence electrons. The molecule has 1 aliphatic heterocycles. The molecule has 1 unspecified atom stereocenters. The van der Waals surface area contributed by atoms with Crippen LogP contribution in [0.4, 0.5) is 11.4 Å². The van der Waals surface area contributed by atoms with Crippen molar-refractivity contribution in [2.24, 2.45) is 0 Å². The number of carbonyl (C=O) groups excluding carboxylic acids is 1. The molecule has 1 amide bonds. The second-order valence-corrected chi connectivity index (χ2v) is 7.74. The third-order valence-corrected chi connectivity index (χ3v) is 5.29. The molecular weight excluding hydrogens is 354 g/mol. The quantitative estimate of drug-likeness (QED) is 0.748. The first kappa shape index (κ1) is 19.4. The van der Waals surface area contributed by atoms with Crippen LogP contribution < -0.4 is 15.5 Å². The molecule has 2 aromatic carbocycles. The number of nitrogens with zero attached hydrogens (tertiary/aromatic N) is 1. The second-order valence-electron chi connectivity index (χ2n) is 7.33. The Bertz CT molecular complexity index is 878. The first-order chi connectivity index (χ1) is 12.8. The smallest absolute Gasteiger partial charge is 0.227 e. The average Bonchev–Trinajstić information content (AvgIpc) is 3.02. The number of rotatable bonds is 4. The number of anilines is 2. The predicted octanol–water partition coefficient (Wildman–Crippen LogP) is 4.79. The molecule has 27 heavy (non-hydrogen) atoms. The van der Waals surface area contributed by atoms with Gasteiger partial charge in [-0.15, -0.1) is 0 Å². The van der Waals surface area contributed by atoms with Gasteiger partial charge in [0, 0.05) is 24.3 Å². The Kier molecular flexibility index (Phi) is 5.80. The van der Waals surface area contributed by atoms with Crippen molar-refractivity contribution in [1.82, 2.24) is 5.32 Å². The molecule has 1 atom stereocenters. The highest BCUT2D eigenvalue weighted by atomic mass is 32.1. The SMILES string of the molecule is Cc1ccc(C(C)NC(=S)Nc2ccc(C)c(N3CCCC3=O)c2)c(C)c1. The number of hydrogen-bond acceptors (Lipinski definition) is 2. The van der Waals surface area contributed by atoms with Crippen molar-refractivity contribution < 1.29 is 4.79 Å². The van der Waals surface area contributed by atoms with E-state index in [1.807, 2.05) is 30.0 Å². The molecule has 3 rings (SSSR count). The molecule has 5 heteroatoms. The van der Waals surface area contributed by atoms with Gasteiger partial charge in [0.25, 0.3) is 0 Å². The molecular formula is C22H27N3OS. The molecule has 1 saturated heterocycles.